The molecule has 0 radical (unpaired) electrons. The van der Waals surface area contributed by atoms with E-state index in [-0.39, 0.29) is 17.9 Å². The Bertz CT molecular complexity index is 1630. The topological polar surface area (TPSA) is 88.9 Å². The van der Waals surface area contributed by atoms with Crippen LogP contribution in [0.3, 0.4) is 0 Å². The number of amides is 2. The molecule has 0 aliphatic carbocycles. The highest BCUT2D eigenvalue weighted by molar-refractivity contribution is 7.13. The van der Waals surface area contributed by atoms with Gasteiger partial charge in [-0.3, -0.25) is 14.3 Å². The molecule has 2 amide bonds. The van der Waals surface area contributed by atoms with E-state index in [0.29, 0.717) is 16.9 Å². The molecule has 7 nitrogen and oxygen atoms in total. The lowest BCUT2D eigenvalue weighted by atomic mass is 9.93. The molecule has 8 heteroatoms. The zero-order chi connectivity index (χ0) is 24.1. The first-order valence-electron chi connectivity index (χ1n) is 11.2. The lowest BCUT2D eigenvalue weighted by molar-refractivity contribution is 0.0959. The highest BCUT2D eigenvalue weighted by Gasteiger charge is 2.33. The molecule has 2 N–H and O–H groups in total. The Labute approximate surface area is 205 Å². The van der Waals surface area contributed by atoms with Gasteiger partial charge in [0.15, 0.2) is 0 Å². The van der Waals surface area contributed by atoms with Crippen molar-refractivity contribution in [3.63, 3.8) is 0 Å². The van der Waals surface area contributed by atoms with Gasteiger partial charge in [0.1, 0.15) is 5.69 Å². The highest BCUT2D eigenvalue weighted by Crippen LogP contribution is 2.38. The summed E-state index contributed by atoms with van der Waals surface area (Å²) in [5.41, 5.74) is 6.31. The number of aromatic nitrogens is 3. The third-order valence-electron chi connectivity index (χ3n) is 6.39. The molecule has 5 aromatic rings. The van der Waals surface area contributed by atoms with Crippen LogP contribution in [0.4, 0.5) is 5.69 Å². The van der Waals surface area contributed by atoms with E-state index in [9.17, 15) is 9.59 Å². The average Bonchev–Trinajstić information content (AvgIpc) is 3.56. The second kappa shape index (κ2) is 8.18. The molecule has 2 aromatic heterocycles. The van der Waals surface area contributed by atoms with Gasteiger partial charge in [0.25, 0.3) is 11.8 Å². The van der Waals surface area contributed by atoms with Crippen LogP contribution in [-0.2, 0) is 7.05 Å². The molecule has 0 spiro atoms. The number of benzene rings is 3. The summed E-state index contributed by atoms with van der Waals surface area (Å²) < 4.78 is 7.13. The van der Waals surface area contributed by atoms with Gasteiger partial charge in [-0.25, -0.2) is 0 Å². The van der Waals surface area contributed by atoms with E-state index < -0.39 is 0 Å². The van der Waals surface area contributed by atoms with Crippen molar-refractivity contribution in [2.45, 2.75) is 13.0 Å². The van der Waals surface area contributed by atoms with E-state index >= 15 is 0 Å². The minimum absolute atomic E-state index is 0.149. The maximum Gasteiger partial charge on any atom is 0.276 e. The van der Waals surface area contributed by atoms with Crippen molar-refractivity contribution in [2.24, 2.45) is 7.05 Å². The predicted octanol–water partition coefficient (Wildman–Crippen LogP) is 5.09. The predicted molar refractivity (Wildman–Crippen MR) is 137 cm³/mol. The van der Waals surface area contributed by atoms with E-state index in [1.54, 1.807) is 23.0 Å². The van der Waals surface area contributed by atoms with Gasteiger partial charge in [0.05, 0.1) is 16.9 Å². The number of hydrogen-bond acceptors (Lipinski definition) is 5. The fraction of sp³-hybridized carbons (Fsp3) is 0.111. The number of aryl methyl sites for hydroxylation is 2. The molecule has 0 saturated heterocycles. The first-order chi connectivity index (χ1) is 17.0. The third-order valence-corrected chi connectivity index (χ3v) is 7.21. The van der Waals surface area contributed by atoms with Gasteiger partial charge in [-0.05, 0) is 59.4 Å². The number of carbonyl (C=O) groups excluding carboxylic acids is 2. The molecule has 6 rings (SSSR count). The van der Waals surface area contributed by atoms with Crippen molar-refractivity contribution in [1.29, 1.82) is 0 Å². The summed E-state index contributed by atoms with van der Waals surface area (Å²) in [4.78, 5) is 26.2. The Hall–Kier alpha value is -4.30. The van der Waals surface area contributed by atoms with Crippen molar-refractivity contribution < 1.29 is 9.59 Å². The number of fused-ring (bicyclic) bond motifs is 2. The molecule has 3 aromatic carbocycles. The fourth-order valence-corrected chi connectivity index (χ4v) is 5.40. The van der Waals surface area contributed by atoms with Crippen LogP contribution in [0.2, 0.25) is 0 Å². The fourth-order valence-electron chi connectivity index (χ4n) is 4.64. The van der Waals surface area contributed by atoms with Crippen molar-refractivity contribution in [3.05, 3.63) is 101 Å². The molecular weight excluding hydrogens is 458 g/mol. The van der Waals surface area contributed by atoms with Gasteiger partial charge < -0.3 is 10.6 Å². The van der Waals surface area contributed by atoms with Crippen LogP contribution in [-0.4, -0.2) is 26.0 Å². The molecule has 0 bridgehead atoms. The average molecular weight is 480 g/mol. The summed E-state index contributed by atoms with van der Waals surface area (Å²) in [7, 11) is 1.87. The number of rotatable bonds is 4. The zero-order valence-electron chi connectivity index (χ0n) is 19.1. The summed E-state index contributed by atoms with van der Waals surface area (Å²) in [5.74, 6) is -0.458. The standard InChI is InChI=1S/C27H21N5O2S/c1-15-6-3-4-7-18(15)24-23-19(26(33)30-24)8-5-9-21(23)29-27(34)25-20-12-16(10-11-22(20)35-31-25)17-13-28-32(2)14-17/h3-14,24H,1-2H3,(H,29,34)(H,30,33). The van der Waals surface area contributed by atoms with Crippen LogP contribution in [0, 0.1) is 6.92 Å². The van der Waals surface area contributed by atoms with Crippen LogP contribution in [0.1, 0.15) is 43.6 Å². The summed E-state index contributed by atoms with van der Waals surface area (Å²) in [6.45, 7) is 2.02. The number of nitrogens with zero attached hydrogens (tertiary/aromatic N) is 3. The molecule has 1 atom stereocenters. The van der Waals surface area contributed by atoms with E-state index in [2.05, 4.69) is 20.1 Å². The van der Waals surface area contributed by atoms with Gasteiger partial charge >= 0.3 is 0 Å². The van der Waals surface area contributed by atoms with Gasteiger partial charge in [0, 0.05) is 41.0 Å². The quantitative estimate of drug-likeness (QED) is 0.376. The minimum Gasteiger partial charge on any atom is -0.341 e. The SMILES string of the molecule is Cc1ccccc1C1NC(=O)c2cccc(NC(=O)c3nsc4ccc(-c5cnn(C)c5)cc34)c21. The largest absolute Gasteiger partial charge is 0.341 e. The van der Waals surface area contributed by atoms with E-state index in [0.717, 1.165) is 37.9 Å². The maximum absolute atomic E-state index is 13.4. The lowest BCUT2D eigenvalue weighted by Crippen LogP contribution is -2.21. The van der Waals surface area contributed by atoms with Crippen LogP contribution < -0.4 is 10.6 Å². The molecule has 1 aliphatic heterocycles. The number of carbonyl (C=O) groups is 2. The minimum atomic E-state index is -0.334. The molecule has 35 heavy (non-hydrogen) atoms. The molecular formula is C27H21N5O2S. The molecule has 1 unspecified atom stereocenters. The van der Waals surface area contributed by atoms with Gasteiger partial charge in [0.2, 0.25) is 0 Å². The van der Waals surface area contributed by atoms with Crippen LogP contribution in [0.5, 0.6) is 0 Å². The molecule has 0 saturated carbocycles. The maximum atomic E-state index is 13.4. The van der Waals surface area contributed by atoms with Crippen LogP contribution in [0.15, 0.2) is 73.1 Å². The number of anilines is 1. The first kappa shape index (κ1) is 21.2. The Morgan fingerprint density at radius 1 is 1.09 bits per heavy atom. The van der Waals surface area contributed by atoms with E-state index in [4.69, 9.17) is 0 Å². The van der Waals surface area contributed by atoms with Crippen molar-refractivity contribution in [1.82, 2.24) is 19.5 Å². The lowest BCUT2D eigenvalue weighted by Gasteiger charge is -2.18. The molecule has 3 heterocycles. The van der Waals surface area contributed by atoms with Gasteiger partial charge in [-0.15, -0.1) is 0 Å². The highest BCUT2D eigenvalue weighted by atomic mass is 32.1. The summed E-state index contributed by atoms with van der Waals surface area (Å²) in [6, 6.07) is 19.0. The summed E-state index contributed by atoms with van der Waals surface area (Å²) in [5, 5.41) is 11.1. The van der Waals surface area contributed by atoms with Crippen molar-refractivity contribution in [3.8, 4) is 11.1 Å². The van der Waals surface area contributed by atoms with Crippen LogP contribution >= 0.6 is 11.5 Å². The molecule has 0 fully saturated rings. The number of nitrogens with one attached hydrogen (secondary N) is 2. The van der Waals surface area contributed by atoms with Gasteiger partial charge in [-0.2, -0.15) is 9.47 Å². The monoisotopic (exact) mass is 479 g/mol. The summed E-state index contributed by atoms with van der Waals surface area (Å²) in [6.07, 6.45) is 3.73. The smallest absolute Gasteiger partial charge is 0.276 e. The van der Waals surface area contributed by atoms with Crippen molar-refractivity contribution in [2.75, 3.05) is 5.32 Å². The second-order valence-corrected chi connectivity index (χ2v) is 9.43. The zero-order valence-corrected chi connectivity index (χ0v) is 19.9. The van der Waals surface area contributed by atoms with Gasteiger partial charge in [-0.1, -0.05) is 36.4 Å². The van der Waals surface area contributed by atoms with Crippen molar-refractivity contribution >= 4 is 39.1 Å². The summed E-state index contributed by atoms with van der Waals surface area (Å²) >= 11 is 1.29. The van der Waals surface area contributed by atoms with Crippen LogP contribution in [0.25, 0.3) is 21.2 Å². The van der Waals surface area contributed by atoms with E-state index in [1.165, 1.54) is 11.5 Å². The molecule has 172 valence electrons. The Morgan fingerprint density at radius 3 is 2.74 bits per heavy atom. The number of hydrogen-bond donors (Lipinski definition) is 2. The Kier molecular flexibility index (Phi) is 4.96. The first-order valence-corrected chi connectivity index (χ1v) is 12.0. The van der Waals surface area contributed by atoms with E-state index in [1.807, 2.05) is 68.7 Å². The second-order valence-electron chi connectivity index (χ2n) is 8.63. The third kappa shape index (κ3) is 3.59. The Balaban J connectivity index is 1.38. The molecule has 1 aliphatic rings. The normalized spacial score (nSPS) is 14.7. The Morgan fingerprint density at radius 2 is 1.94 bits per heavy atom.